The first-order valence-electron chi connectivity index (χ1n) is 7.43. The molecule has 0 radical (unpaired) electrons. The standard InChI is InChI=1S/C16H26N2O4.ClH/c1-11(2)18-12(3)13(19)9-21-14-7-5-6-8-15(14)22-10-16(20)17-4;/h5-8,11-13,18-19H,9-10H2,1-4H3,(H,17,20);1H. The highest BCUT2D eigenvalue weighted by atomic mass is 35.5. The van der Waals surface area contributed by atoms with Crippen molar-refractivity contribution in [1.29, 1.82) is 0 Å². The fourth-order valence-corrected chi connectivity index (χ4v) is 1.86. The van der Waals surface area contributed by atoms with E-state index in [2.05, 4.69) is 10.6 Å². The largest absolute Gasteiger partial charge is 0.487 e. The van der Waals surface area contributed by atoms with Gasteiger partial charge >= 0.3 is 0 Å². The summed E-state index contributed by atoms with van der Waals surface area (Å²) in [5.74, 6) is 0.759. The van der Waals surface area contributed by atoms with Crippen LogP contribution >= 0.6 is 12.4 Å². The van der Waals surface area contributed by atoms with Crippen LogP contribution in [0.4, 0.5) is 0 Å². The Labute approximate surface area is 144 Å². The number of hydrogen-bond acceptors (Lipinski definition) is 5. The van der Waals surface area contributed by atoms with E-state index >= 15 is 0 Å². The van der Waals surface area contributed by atoms with Gasteiger partial charge in [0.1, 0.15) is 12.7 Å². The van der Waals surface area contributed by atoms with Gasteiger partial charge in [-0.1, -0.05) is 26.0 Å². The van der Waals surface area contributed by atoms with Gasteiger partial charge in [-0.15, -0.1) is 12.4 Å². The monoisotopic (exact) mass is 346 g/mol. The molecule has 2 unspecified atom stereocenters. The van der Waals surface area contributed by atoms with Crippen LogP contribution in [0.5, 0.6) is 11.5 Å². The van der Waals surface area contributed by atoms with Crippen molar-refractivity contribution in [3.8, 4) is 11.5 Å². The van der Waals surface area contributed by atoms with Gasteiger partial charge in [-0.3, -0.25) is 4.79 Å². The van der Waals surface area contributed by atoms with Crippen molar-refractivity contribution in [2.45, 2.75) is 39.0 Å². The lowest BCUT2D eigenvalue weighted by Crippen LogP contribution is -2.43. The summed E-state index contributed by atoms with van der Waals surface area (Å²) < 4.78 is 11.0. The van der Waals surface area contributed by atoms with E-state index in [4.69, 9.17) is 9.47 Å². The molecule has 0 aromatic heterocycles. The van der Waals surface area contributed by atoms with Crippen molar-refractivity contribution in [3.63, 3.8) is 0 Å². The van der Waals surface area contributed by atoms with E-state index in [9.17, 15) is 9.90 Å². The molecule has 2 atom stereocenters. The maximum absolute atomic E-state index is 11.2. The molecule has 0 saturated heterocycles. The lowest BCUT2D eigenvalue weighted by molar-refractivity contribution is -0.122. The molecule has 23 heavy (non-hydrogen) atoms. The first-order chi connectivity index (χ1) is 10.4. The maximum Gasteiger partial charge on any atom is 0.257 e. The molecule has 0 heterocycles. The highest BCUT2D eigenvalue weighted by molar-refractivity contribution is 5.85. The van der Waals surface area contributed by atoms with Crippen molar-refractivity contribution in [3.05, 3.63) is 24.3 Å². The van der Waals surface area contributed by atoms with E-state index in [-0.39, 0.29) is 43.6 Å². The second kappa shape index (κ2) is 11.1. The van der Waals surface area contributed by atoms with Crippen molar-refractivity contribution >= 4 is 18.3 Å². The molecule has 0 aliphatic rings. The zero-order valence-electron chi connectivity index (χ0n) is 14.0. The Bertz CT molecular complexity index is 471. The van der Waals surface area contributed by atoms with E-state index in [1.54, 1.807) is 25.2 Å². The predicted molar refractivity (Wildman–Crippen MR) is 92.5 cm³/mol. The average molecular weight is 347 g/mol. The Morgan fingerprint density at radius 2 is 1.74 bits per heavy atom. The molecule has 0 fully saturated rings. The van der Waals surface area contributed by atoms with Crippen LogP contribution in [-0.2, 0) is 4.79 Å². The van der Waals surface area contributed by atoms with E-state index < -0.39 is 6.10 Å². The second-order valence-corrected chi connectivity index (χ2v) is 5.40. The fraction of sp³-hybridized carbons (Fsp3) is 0.562. The third-order valence-electron chi connectivity index (χ3n) is 3.07. The van der Waals surface area contributed by atoms with Crippen molar-refractivity contribution in [2.24, 2.45) is 0 Å². The zero-order valence-corrected chi connectivity index (χ0v) is 14.9. The minimum absolute atomic E-state index is 0. The average Bonchev–Trinajstić information content (AvgIpc) is 2.50. The summed E-state index contributed by atoms with van der Waals surface area (Å²) in [5.41, 5.74) is 0. The van der Waals surface area contributed by atoms with Gasteiger partial charge in [0.15, 0.2) is 18.1 Å². The first-order valence-corrected chi connectivity index (χ1v) is 7.43. The minimum Gasteiger partial charge on any atom is -0.487 e. The molecule has 7 heteroatoms. The Balaban J connectivity index is 0.00000484. The van der Waals surface area contributed by atoms with Crippen LogP contribution in [0.15, 0.2) is 24.3 Å². The van der Waals surface area contributed by atoms with Crippen molar-refractivity contribution in [1.82, 2.24) is 10.6 Å². The number of halogens is 1. The van der Waals surface area contributed by atoms with Gasteiger partial charge in [0.25, 0.3) is 5.91 Å². The Morgan fingerprint density at radius 3 is 2.26 bits per heavy atom. The number of benzene rings is 1. The number of carbonyl (C=O) groups excluding carboxylic acids is 1. The summed E-state index contributed by atoms with van der Waals surface area (Å²) in [6.07, 6.45) is -0.644. The highest BCUT2D eigenvalue weighted by Gasteiger charge is 2.16. The van der Waals surface area contributed by atoms with Gasteiger partial charge in [-0.25, -0.2) is 0 Å². The number of likely N-dealkylation sites (N-methyl/N-ethyl adjacent to an activating group) is 1. The predicted octanol–water partition coefficient (Wildman–Crippen LogP) is 1.36. The molecule has 0 aliphatic heterocycles. The molecule has 1 rings (SSSR count). The Hall–Kier alpha value is -1.50. The number of para-hydroxylation sites is 2. The quantitative estimate of drug-likeness (QED) is 0.629. The molecule has 0 saturated carbocycles. The normalized spacial score (nSPS) is 13.0. The van der Waals surface area contributed by atoms with Gasteiger partial charge in [0.2, 0.25) is 0 Å². The lowest BCUT2D eigenvalue weighted by atomic mass is 10.2. The number of ether oxygens (including phenoxy) is 2. The van der Waals surface area contributed by atoms with Crippen LogP contribution in [0.1, 0.15) is 20.8 Å². The van der Waals surface area contributed by atoms with Crippen molar-refractivity contribution < 1.29 is 19.4 Å². The van der Waals surface area contributed by atoms with Crippen LogP contribution < -0.4 is 20.1 Å². The van der Waals surface area contributed by atoms with Crippen LogP contribution in [0.2, 0.25) is 0 Å². The number of hydrogen-bond donors (Lipinski definition) is 3. The summed E-state index contributed by atoms with van der Waals surface area (Å²) >= 11 is 0. The van der Waals surface area contributed by atoms with Crippen molar-refractivity contribution in [2.75, 3.05) is 20.3 Å². The van der Waals surface area contributed by atoms with Gasteiger partial charge in [-0.2, -0.15) is 0 Å². The number of carbonyl (C=O) groups is 1. The summed E-state index contributed by atoms with van der Waals surface area (Å²) in [6, 6.07) is 7.27. The van der Waals surface area contributed by atoms with Crippen LogP contribution in [0.3, 0.4) is 0 Å². The molecule has 132 valence electrons. The van der Waals surface area contributed by atoms with Gasteiger partial charge in [0.05, 0.1) is 0 Å². The third kappa shape index (κ3) is 8.06. The first kappa shape index (κ1) is 21.5. The Kier molecular flexibility index (Phi) is 10.4. The minimum atomic E-state index is -0.644. The van der Waals surface area contributed by atoms with E-state index in [1.807, 2.05) is 26.8 Å². The summed E-state index contributed by atoms with van der Waals surface area (Å²) in [6.45, 7) is 6.01. The van der Waals surface area contributed by atoms with Gasteiger partial charge in [0, 0.05) is 19.1 Å². The highest BCUT2D eigenvalue weighted by Crippen LogP contribution is 2.26. The molecular weight excluding hydrogens is 320 g/mol. The smallest absolute Gasteiger partial charge is 0.257 e. The van der Waals surface area contributed by atoms with E-state index in [0.29, 0.717) is 11.5 Å². The summed E-state index contributed by atoms with van der Waals surface area (Å²) in [7, 11) is 1.55. The van der Waals surface area contributed by atoms with Crippen LogP contribution in [0.25, 0.3) is 0 Å². The summed E-state index contributed by atoms with van der Waals surface area (Å²) in [5, 5.41) is 15.8. The number of nitrogens with one attached hydrogen (secondary N) is 2. The number of amides is 1. The SMILES string of the molecule is CNC(=O)COc1ccccc1OCC(O)C(C)NC(C)C.Cl. The molecule has 6 nitrogen and oxygen atoms in total. The molecule has 0 spiro atoms. The Morgan fingerprint density at radius 1 is 1.17 bits per heavy atom. The molecule has 1 aromatic carbocycles. The summed E-state index contributed by atoms with van der Waals surface area (Å²) in [4.78, 5) is 11.2. The fourth-order valence-electron chi connectivity index (χ4n) is 1.86. The lowest BCUT2D eigenvalue weighted by Gasteiger charge is -2.23. The van der Waals surface area contributed by atoms with Gasteiger partial charge < -0.3 is 25.2 Å². The molecule has 0 aliphatic carbocycles. The second-order valence-electron chi connectivity index (χ2n) is 5.40. The van der Waals surface area contributed by atoms with Crippen LogP contribution in [-0.4, -0.2) is 49.5 Å². The number of rotatable bonds is 9. The zero-order chi connectivity index (χ0) is 16.5. The molecule has 0 bridgehead atoms. The van der Waals surface area contributed by atoms with E-state index in [0.717, 1.165) is 0 Å². The maximum atomic E-state index is 11.2. The van der Waals surface area contributed by atoms with Gasteiger partial charge in [-0.05, 0) is 19.1 Å². The van der Waals surface area contributed by atoms with Crippen LogP contribution in [0, 0.1) is 0 Å². The number of aliphatic hydroxyl groups is 1. The topological polar surface area (TPSA) is 79.8 Å². The molecule has 3 N–H and O–H groups in total. The molecular formula is C16H27ClN2O4. The molecule has 1 aromatic rings. The number of aliphatic hydroxyl groups excluding tert-OH is 1. The van der Waals surface area contributed by atoms with E-state index in [1.165, 1.54) is 0 Å². The third-order valence-corrected chi connectivity index (χ3v) is 3.07. The molecule has 1 amide bonds.